The van der Waals surface area contributed by atoms with Crippen molar-refractivity contribution in [1.29, 1.82) is 0 Å². The van der Waals surface area contributed by atoms with Crippen LogP contribution in [0.5, 0.6) is 0 Å². The van der Waals surface area contributed by atoms with E-state index in [2.05, 4.69) is 37.3 Å². The van der Waals surface area contributed by atoms with Gasteiger partial charge in [-0.15, -0.1) is 0 Å². The van der Waals surface area contributed by atoms with E-state index in [1.54, 1.807) is 17.8 Å². The van der Waals surface area contributed by atoms with Gasteiger partial charge in [0.25, 0.3) is 5.56 Å². The Kier molecular flexibility index (Phi) is 6.08. The third kappa shape index (κ3) is 4.75. The first kappa shape index (κ1) is 21.6. The third-order valence-electron chi connectivity index (χ3n) is 6.43. The molecule has 174 valence electrons. The van der Waals surface area contributed by atoms with E-state index in [1.807, 2.05) is 11.1 Å². The SMILES string of the molecule is Cc1nn(CCOCCC(=O)N2CCN(c3ccc(C4CC4)cn3)CC2)c2cn[nH]c(=O)c12. The van der Waals surface area contributed by atoms with E-state index in [1.165, 1.54) is 18.4 Å². The molecule has 1 aliphatic heterocycles. The lowest BCUT2D eigenvalue weighted by atomic mass is 10.2. The number of rotatable bonds is 8. The van der Waals surface area contributed by atoms with Gasteiger partial charge in [0.1, 0.15) is 5.82 Å². The molecule has 4 heterocycles. The number of hydrogen-bond donors (Lipinski definition) is 1. The van der Waals surface area contributed by atoms with E-state index in [4.69, 9.17) is 4.74 Å². The summed E-state index contributed by atoms with van der Waals surface area (Å²) in [5.74, 6) is 1.82. The van der Waals surface area contributed by atoms with Gasteiger partial charge in [0.15, 0.2) is 0 Å². The number of pyridine rings is 1. The number of carbonyl (C=O) groups is 1. The van der Waals surface area contributed by atoms with Crippen LogP contribution in [0.3, 0.4) is 0 Å². The summed E-state index contributed by atoms with van der Waals surface area (Å²) in [6.45, 7) is 6.05. The molecule has 3 aromatic heterocycles. The second kappa shape index (κ2) is 9.30. The highest BCUT2D eigenvalue weighted by atomic mass is 16.5. The molecule has 0 spiro atoms. The Morgan fingerprint density at radius 2 is 1.97 bits per heavy atom. The van der Waals surface area contributed by atoms with E-state index in [-0.39, 0.29) is 11.5 Å². The lowest BCUT2D eigenvalue weighted by molar-refractivity contribution is -0.132. The van der Waals surface area contributed by atoms with Crippen molar-refractivity contribution >= 4 is 22.6 Å². The fourth-order valence-corrected chi connectivity index (χ4v) is 4.39. The first-order valence-corrected chi connectivity index (χ1v) is 11.6. The number of H-pyrrole nitrogens is 1. The molecule has 33 heavy (non-hydrogen) atoms. The first-order chi connectivity index (χ1) is 16.1. The van der Waals surface area contributed by atoms with Crippen LogP contribution < -0.4 is 10.5 Å². The number of amides is 1. The number of nitrogens with one attached hydrogen (secondary N) is 1. The lowest BCUT2D eigenvalue weighted by Gasteiger charge is -2.35. The summed E-state index contributed by atoms with van der Waals surface area (Å²) in [6.07, 6.45) is 6.52. The molecule has 1 amide bonds. The molecule has 0 unspecified atom stereocenters. The largest absolute Gasteiger partial charge is 0.379 e. The maximum absolute atomic E-state index is 12.6. The summed E-state index contributed by atoms with van der Waals surface area (Å²) in [4.78, 5) is 33.2. The number of aryl methyl sites for hydroxylation is 1. The Hall–Kier alpha value is -3.27. The summed E-state index contributed by atoms with van der Waals surface area (Å²) in [5.41, 5.74) is 2.45. The van der Waals surface area contributed by atoms with Crippen LogP contribution in [-0.2, 0) is 16.1 Å². The van der Waals surface area contributed by atoms with Crippen LogP contribution >= 0.6 is 0 Å². The van der Waals surface area contributed by atoms with Gasteiger partial charge in [-0.2, -0.15) is 10.2 Å². The molecule has 0 bridgehead atoms. The van der Waals surface area contributed by atoms with Crippen LogP contribution in [0.1, 0.15) is 36.4 Å². The van der Waals surface area contributed by atoms with Gasteiger partial charge in [-0.05, 0) is 37.3 Å². The van der Waals surface area contributed by atoms with Gasteiger partial charge in [0.2, 0.25) is 5.91 Å². The maximum Gasteiger partial charge on any atom is 0.275 e. The van der Waals surface area contributed by atoms with E-state index in [0.717, 1.165) is 18.9 Å². The minimum absolute atomic E-state index is 0.114. The van der Waals surface area contributed by atoms with E-state index in [0.29, 0.717) is 61.8 Å². The lowest BCUT2D eigenvalue weighted by Crippen LogP contribution is -2.49. The Morgan fingerprint density at radius 1 is 1.15 bits per heavy atom. The zero-order valence-electron chi connectivity index (χ0n) is 18.9. The minimum Gasteiger partial charge on any atom is -0.379 e. The molecule has 5 rings (SSSR count). The van der Waals surface area contributed by atoms with Crippen molar-refractivity contribution < 1.29 is 9.53 Å². The highest BCUT2D eigenvalue weighted by Crippen LogP contribution is 2.39. The first-order valence-electron chi connectivity index (χ1n) is 11.6. The number of aromatic nitrogens is 5. The second-order valence-corrected chi connectivity index (χ2v) is 8.72. The number of piperazine rings is 1. The van der Waals surface area contributed by atoms with Gasteiger partial charge in [-0.1, -0.05) is 6.07 Å². The van der Waals surface area contributed by atoms with Crippen LogP contribution in [0.25, 0.3) is 10.9 Å². The molecular weight excluding hydrogens is 422 g/mol. The molecule has 2 fully saturated rings. The molecule has 2 aliphatic rings. The van der Waals surface area contributed by atoms with Crippen molar-refractivity contribution in [2.45, 2.75) is 38.6 Å². The Morgan fingerprint density at radius 3 is 2.70 bits per heavy atom. The van der Waals surface area contributed by atoms with Crippen molar-refractivity contribution in [3.63, 3.8) is 0 Å². The maximum atomic E-state index is 12.6. The molecule has 1 N–H and O–H groups in total. The predicted molar refractivity (Wildman–Crippen MR) is 123 cm³/mol. The molecule has 1 saturated carbocycles. The zero-order chi connectivity index (χ0) is 22.8. The number of fused-ring (bicyclic) bond motifs is 1. The standard InChI is InChI=1S/C23H29N7O3/c1-16-22-19(15-25-26-23(22)32)30(27-16)11-13-33-12-6-21(31)29-9-7-28(8-10-29)20-5-4-18(14-24-20)17-2-3-17/h4-5,14-15,17H,2-3,6-13H2,1H3,(H,26,32). The van der Waals surface area contributed by atoms with Gasteiger partial charge in [0, 0.05) is 32.4 Å². The molecule has 0 atom stereocenters. The molecule has 10 heteroatoms. The fourth-order valence-electron chi connectivity index (χ4n) is 4.39. The number of anilines is 1. The highest BCUT2D eigenvalue weighted by Gasteiger charge is 2.25. The number of aromatic amines is 1. The average Bonchev–Trinajstić information content (AvgIpc) is 3.63. The van der Waals surface area contributed by atoms with Gasteiger partial charge in [0.05, 0.1) is 49.0 Å². The summed E-state index contributed by atoms with van der Waals surface area (Å²) >= 11 is 0. The molecule has 3 aromatic rings. The van der Waals surface area contributed by atoms with Crippen LogP contribution in [0.2, 0.25) is 0 Å². The van der Waals surface area contributed by atoms with Crippen LogP contribution in [-0.4, -0.2) is 75.2 Å². The monoisotopic (exact) mass is 451 g/mol. The summed E-state index contributed by atoms with van der Waals surface area (Å²) in [5, 5.41) is 11.2. The van der Waals surface area contributed by atoms with Gasteiger partial charge < -0.3 is 14.5 Å². The number of ether oxygens (including phenoxy) is 1. The van der Waals surface area contributed by atoms with E-state index < -0.39 is 0 Å². The number of hydrogen-bond acceptors (Lipinski definition) is 7. The van der Waals surface area contributed by atoms with Crippen molar-refractivity contribution in [1.82, 2.24) is 29.9 Å². The molecule has 1 aliphatic carbocycles. The summed E-state index contributed by atoms with van der Waals surface area (Å²) in [7, 11) is 0. The van der Waals surface area contributed by atoms with E-state index in [9.17, 15) is 9.59 Å². The smallest absolute Gasteiger partial charge is 0.275 e. The molecule has 10 nitrogen and oxygen atoms in total. The molecular formula is C23H29N7O3. The van der Waals surface area contributed by atoms with E-state index >= 15 is 0 Å². The third-order valence-corrected chi connectivity index (χ3v) is 6.43. The van der Waals surface area contributed by atoms with Crippen LogP contribution in [0.4, 0.5) is 5.82 Å². The topological polar surface area (TPSA) is 109 Å². The summed E-state index contributed by atoms with van der Waals surface area (Å²) < 4.78 is 7.40. The number of carbonyl (C=O) groups excluding carboxylic acids is 1. The quantitative estimate of drug-likeness (QED) is 0.516. The Bertz CT molecular complexity index is 1170. The van der Waals surface area contributed by atoms with Gasteiger partial charge in [-0.25, -0.2) is 10.1 Å². The Labute approximate surface area is 191 Å². The average molecular weight is 452 g/mol. The van der Waals surface area contributed by atoms with Crippen molar-refractivity contribution in [2.24, 2.45) is 0 Å². The van der Waals surface area contributed by atoms with Crippen molar-refractivity contribution in [2.75, 3.05) is 44.3 Å². The molecule has 1 saturated heterocycles. The number of nitrogens with zero attached hydrogens (tertiary/aromatic N) is 6. The van der Waals surface area contributed by atoms with Gasteiger partial charge >= 0.3 is 0 Å². The Balaban J connectivity index is 1.03. The second-order valence-electron chi connectivity index (χ2n) is 8.72. The molecule has 0 radical (unpaired) electrons. The summed E-state index contributed by atoms with van der Waals surface area (Å²) in [6, 6.07) is 4.30. The predicted octanol–water partition coefficient (Wildman–Crippen LogP) is 1.46. The zero-order valence-corrected chi connectivity index (χ0v) is 18.9. The highest BCUT2D eigenvalue weighted by molar-refractivity contribution is 5.79. The van der Waals surface area contributed by atoms with Gasteiger partial charge in [-0.3, -0.25) is 14.3 Å². The normalized spacial score (nSPS) is 16.5. The molecule has 0 aromatic carbocycles. The van der Waals surface area contributed by atoms with Crippen LogP contribution in [0.15, 0.2) is 29.3 Å². The van der Waals surface area contributed by atoms with Crippen molar-refractivity contribution in [3.05, 3.63) is 46.1 Å². The van der Waals surface area contributed by atoms with Crippen molar-refractivity contribution in [3.8, 4) is 0 Å². The minimum atomic E-state index is -0.242. The van der Waals surface area contributed by atoms with Crippen LogP contribution in [0, 0.1) is 6.92 Å². The fraction of sp³-hybridized carbons (Fsp3) is 0.522.